The predicted octanol–water partition coefficient (Wildman–Crippen LogP) is 3.38. The molecule has 1 rings (SSSR count). The molecule has 0 unspecified atom stereocenters. The molecule has 0 atom stereocenters. The Morgan fingerprint density at radius 1 is 1.27 bits per heavy atom. The van der Waals surface area contributed by atoms with E-state index in [0.717, 1.165) is 0 Å². The van der Waals surface area contributed by atoms with Crippen LogP contribution in [0.2, 0.25) is 0 Å². The number of hydrogen-bond donors (Lipinski definition) is 1. The first-order valence-electron chi connectivity index (χ1n) is 7.20. The maximum absolute atomic E-state index is 12.1. The van der Waals surface area contributed by atoms with Gasteiger partial charge in [-0.05, 0) is 40.7 Å². The highest BCUT2D eigenvalue weighted by Gasteiger charge is 2.25. The van der Waals surface area contributed by atoms with Gasteiger partial charge in [0.05, 0.1) is 22.7 Å². The van der Waals surface area contributed by atoms with Gasteiger partial charge in [0, 0.05) is 12.6 Å². The largest absolute Gasteiger partial charge is 0.484 e. The van der Waals surface area contributed by atoms with Gasteiger partial charge >= 0.3 is 11.7 Å². The molecular weight excluding hydrogens is 288 g/mol. The number of hydrogen-bond acceptors (Lipinski definition) is 6. The lowest BCUT2D eigenvalue weighted by molar-refractivity contribution is -0.385. The fourth-order valence-electron chi connectivity index (χ4n) is 1.87. The lowest BCUT2D eigenvalue weighted by atomic mass is 10.1. The SMILES string of the molecule is CCNc1cc(C(=O)OC(C)C)cc(OC(C)C)c1[N+](=O)[O-]. The Morgan fingerprint density at radius 2 is 1.91 bits per heavy atom. The van der Waals surface area contributed by atoms with E-state index in [4.69, 9.17) is 9.47 Å². The van der Waals surface area contributed by atoms with Gasteiger partial charge in [0.15, 0.2) is 5.75 Å². The minimum atomic E-state index is -0.544. The molecule has 0 aromatic heterocycles. The Bertz CT molecular complexity index is 555. The zero-order chi connectivity index (χ0) is 16.9. The van der Waals surface area contributed by atoms with E-state index in [9.17, 15) is 14.9 Å². The first-order chi connectivity index (χ1) is 10.3. The fourth-order valence-corrected chi connectivity index (χ4v) is 1.87. The third-order valence-corrected chi connectivity index (χ3v) is 2.57. The lowest BCUT2D eigenvalue weighted by Gasteiger charge is -2.15. The average molecular weight is 310 g/mol. The third-order valence-electron chi connectivity index (χ3n) is 2.57. The van der Waals surface area contributed by atoms with Crippen molar-refractivity contribution in [2.75, 3.05) is 11.9 Å². The summed E-state index contributed by atoms with van der Waals surface area (Å²) in [6, 6.07) is 2.77. The molecule has 0 amide bonds. The monoisotopic (exact) mass is 310 g/mol. The van der Waals surface area contributed by atoms with Gasteiger partial charge in [0.25, 0.3) is 0 Å². The van der Waals surface area contributed by atoms with E-state index >= 15 is 0 Å². The molecule has 0 aliphatic heterocycles. The standard InChI is InChI=1S/C15H22N2O5/c1-6-16-12-7-11(15(18)22-10(4)5)8-13(21-9(2)3)14(12)17(19)20/h7-10,16H,6H2,1-5H3. The Labute approximate surface area is 129 Å². The summed E-state index contributed by atoms with van der Waals surface area (Å²) in [5, 5.41) is 14.2. The van der Waals surface area contributed by atoms with Crippen LogP contribution in [0.1, 0.15) is 45.0 Å². The van der Waals surface area contributed by atoms with Gasteiger partial charge in [-0.3, -0.25) is 10.1 Å². The smallest absolute Gasteiger partial charge is 0.338 e. The molecule has 122 valence electrons. The van der Waals surface area contributed by atoms with Crippen molar-refractivity contribution in [3.05, 3.63) is 27.8 Å². The Balaban J connectivity index is 3.39. The Morgan fingerprint density at radius 3 is 2.36 bits per heavy atom. The van der Waals surface area contributed by atoms with Gasteiger partial charge in [-0.1, -0.05) is 0 Å². The van der Waals surface area contributed by atoms with Crippen LogP contribution < -0.4 is 10.1 Å². The number of anilines is 1. The second kappa shape index (κ2) is 7.63. The van der Waals surface area contributed by atoms with Crippen LogP contribution in [0.25, 0.3) is 0 Å². The van der Waals surface area contributed by atoms with Crippen LogP contribution in [-0.2, 0) is 4.74 Å². The van der Waals surface area contributed by atoms with Gasteiger partial charge in [-0.2, -0.15) is 0 Å². The van der Waals surface area contributed by atoms with Crippen molar-refractivity contribution in [2.45, 2.75) is 46.8 Å². The molecule has 22 heavy (non-hydrogen) atoms. The van der Waals surface area contributed by atoms with Crippen molar-refractivity contribution in [2.24, 2.45) is 0 Å². The molecule has 7 nitrogen and oxygen atoms in total. The summed E-state index contributed by atoms with van der Waals surface area (Å²) in [6.45, 7) is 9.28. The molecule has 0 saturated carbocycles. The molecular formula is C15H22N2O5. The van der Waals surface area contributed by atoms with Crippen molar-refractivity contribution >= 4 is 17.3 Å². The summed E-state index contributed by atoms with van der Waals surface area (Å²) in [5.41, 5.74) is 0.268. The number of rotatable bonds is 7. The zero-order valence-electron chi connectivity index (χ0n) is 13.5. The van der Waals surface area contributed by atoms with Crippen LogP contribution in [0.5, 0.6) is 5.75 Å². The second-order valence-electron chi connectivity index (χ2n) is 5.28. The van der Waals surface area contributed by atoms with Crippen LogP contribution in [0, 0.1) is 10.1 Å². The van der Waals surface area contributed by atoms with Gasteiger partial charge in [-0.25, -0.2) is 4.79 Å². The van der Waals surface area contributed by atoms with E-state index < -0.39 is 10.9 Å². The molecule has 1 N–H and O–H groups in total. The summed E-state index contributed by atoms with van der Waals surface area (Å²) >= 11 is 0. The lowest BCUT2D eigenvalue weighted by Crippen LogP contribution is -2.14. The predicted molar refractivity (Wildman–Crippen MR) is 83.6 cm³/mol. The quantitative estimate of drug-likeness (QED) is 0.471. The summed E-state index contributed by atoms with van der Waals surface area (Å²) < 4.78 is 10.6. The zero-order valence-corrected chi connectivity index (χ0v) is 13.5. The minimum absolute atomic E-state index is 0.0501. The summed E-state index contributed by atoms with van der Waals surface area (Å²) in [7, 11) is 0. The van der Waals surface area contributed by atoms with Crippen molar-refractivity contribution in [3.63, 3.8) is 0 Å². The van der Waals surface area contributed by atoms with Crippen LogP contribution >= 0.6 is 0 Å². The van der Waals surface area contributed by atoms with Gasteiger partial charge < -0.3 is 14.8 Å². The molecule has 0 radical (unpaired) electrons. The maximum atomic E-state index is 12.1. The van der Waals surface area contributed by atoms with E-state index in [0.29, 0.717) is 6.54 Å². The number of nitro benzene ring substituents is 1. The topological polar surface area (TPSA) is 90.7 Å². The number of nitrogens with one attached hydrogen (secondary N) is 1. The summed E-state index contributed by atoms with van der Waals surface area (Å²) in [5.74, 6) is -0.494. The second-order valence-corrected chi connectivity index (χ2v) is 5.28. The molecule has 0 spiro atoms. The molecule has 0 aliphatic rings. The summed E-state index contributed by atoms with van der Waals surface area (Å²) in [6.07, 6.45) is -0.538. The van der Waals surface area contributed by atoms with Crippen molar-refractivity contribution in [1.29, 1.82) is 0 Å². The van der Waals surface area contributed by atoms with Crippen molar-refractivity contribution in [3.8, 4) is 5.75 Å². The van der Waals surface area contributed by atoms with Crippen LogP contribution in [0.15, 0.2) is 12.1 Å². The van der Waals surface area contributed by atoms with E-state index in [2.05, 4.69) is 5.32 Å². The summed E-state index contributed by atoms with van der Waals surface area (Å²) in [4.78, 5) is 22.9. The van der Waals surface area contributed by atoms with Crippen LogP contribution in [0.4, 0.5) is 11.4 Å². The molecule has 7 heteroatoms. The molecule has 0 saturated heterocycles. The number of benzene rings is 1. The maximum Gasteiger partial charge on any atom is 0.338 e. The molecule has 0 fully saturated rings. The number of nitro groups is 1. The van der Waals surface area contributed by atoms with Crippen molar-refractivity contribution in [1.82, 2.24) is 0 Å². The number of nitrogens with zero attached hydrogens (tertiary/aromatic N) is 1. The first kappa shape index (κ1) is 17.7. The molecule has 1 aromatic rings. The van der Waals surface area contributed by atoms with E-state index in [1.54, 1.807) is 27.7 Å². The number of carbonyl (C=O) groups is 1. The van der Waals surface area contributed by atoms with E-state index in [1.807, 2.05) is 6.92 Å². The highest BCUT2D eigenvalue weighted by atomic mass is 16.6. The number of ether oxygens (including phenoxy) is 2. The van der Waals surface area contributed by atoms with E-state index in [1.165, 1.54) is 12.1 Å². The fraction of sp³-hybridized carbons (Fsp3) is 0.533. The minimum Gasteiger partial charge on any atom is -0.484 e. The van der Waals surface area contributed by atoms with Gasteiger partial charge in [0.1, 0.15) is 5.69 Å². The Hall–Kier alpha value is -2.31. The Kier molecular flexibility index (Phi) is 6.15. The third kappa shape index (κ3) is 4.61. The van der Waals surface area contributed by atoms with E-state index in [-0.39, 0.29) is 34.9 Å². The van der Waals surface area contributed by atoms with Gasteiger partial charge in [0.2, 0.25) is 0 Å². The van der Waals surface area contributed by atoms with Crippen molar-refractivity contribution < 1.29 is 19.2 Å². The first-order valence-corrected chi connectivity index (χ1v) is 7.20. The molecule has 1 aromatic carbocycles. The number of esters is 1. The highest BCUT2D eigenvalue weighted by Crippen LogP contribution is 2.37. The average Bonchev–Trinajstić information content (AvgIpc) is 2.36. The highest BCUT2D eigenvalue weighted by molar-refractivity contribution is 5.93. The molecule has 0 heterocycles. The van der Waals surface area contributed by atoms with Crippen LogP contribution in [-0.4, -0.2) is 29.6 Å². The van der Waals surface area contributed by atoms with Crippen LogP contribution in [0.3, 0.4) is 0 Å². The molecule has 0 aliphatic carbocycles. The normalized spacial score (nSPS) is 10.7. The number of carbonyl (C=O) groups excluding carboxylic acids is 1. The van der Waals surface area contributed by atoms with Gasteiger partial charge in [-0.15, -0.1) is 0 Å². The molecule has 0 bridgehead atoms.